The fourth-order valence-corrected chi connectivity index (χ4v) is 2.76. The van der Waals surface area contributed by atoms with E-state index in [2.05, 4.69) is 10.3 Å². The van der Waals surface area contributed by atoms with Crippen LogP contribution in [-0.2, 0) is 11.2 Å². The van der Waals surface area contributed by atoms with Crippen molar-refractivity contribution < 1.29 is 18.0 Å². The highest BCUT2D eigenvalue weighted by Gasteiger charge is 2.15. The molecule has 0 saturated carbocycles. The molecule has 1 N–H and O–H groups in total. The van der Waals surface area contributed by atoms with Crippen LogP contribution >= 0.6 is 11.6 Å². The number of nitrogens with zero attached hydrogens (tertiary/aromatic N) is 1. The third-order valence-electron chi connectivity index (χ3n) is 4.05. The second-order valence-electron chi connectivity index (χ2n) is 6.08. The molecule has 1 atom stereocenters. The molecule has 3 rings (SSSR count). The fourth-order valence-electron chi connectivity index (χ4n) is 2.64. The van der Waals surface area contributed by atoms with Crippen LogP contribution in [0.15, 0.2) is 53.1 Å². The minimum Gasteiger partial charge on any atom is -0.441 e. The van der Waals surface area contributed by atoms with Gasteiger partial charge in [-0.15, -0.1) is 0 Å². The molecule has 0 aliphatic carbocycles. The lowest BCUT2D eigenvalue weighted by molar-refractivity contribution is -0.121. The summed E-state index contributed by atoms with van der Waals surface area (Å²) in [5, 5.41) is 3.31. The van der Waals surface area contributed by atoms with E-state index in [1.54, 1.807) is 25.3 Å². The number of amides is 1. The van der Waals surface area contributed by atoms with E-state index in [1.807, 2.05) is 12.1 Å². The molecular formula is C20H17ClF2N2O2. The molecule has 0 radical (unpaired) electrons. The first-order valence-corrected chi connectivity index (χ1v) is 8.75. The molecule has 0 saturated heterocycles. The van der Waals surface area contributed by atoms with Crippen LogP contribution in [0.3, 0.4) is 0 Å². The number of hydrogen-bond acceptors (Lipinski definition) is 3. The molecule has 2 aromatic carbocycles. The van der Waals surface area contributed by atoms with Crippen LogP contribution in [0, 0.1) is 11.6 Å². The van der Waals surface area contributed by atoms with Crippen molar-refractivity contribution >= 4 is 17.5 Å². The molecule has 0 fully saturated rings. The summed E-state index contributed by atoms with van der Waals surface area (Å²) in [4.78, 5) is 16.3. The van der Waals surface area contributed by atoms with Crippen molar-refractivity contribution in [2.45, 2.75) is 25.8 Å². The molecule has 27 heavy (non-hydrogen) atoms. The van der Waals surface area contributed by atoms with Gasteiger partial charge in [0, 0.05) is 35.1 Å². The highest BCUT2D eigenvalue weighted by Crippen LogP contribution is 2.23. The number of aromatic nitrogens is 1. The van der Waals surface area contributed by atoms with Gasteiger partial charge in [-0.2, -0.15) is 0 Å². The number of hydrogen-bond donors (Lipinski definition) is 1. The van der Waals surface area contributed by atoms with Gasteiger partial charge in [-0.05, 0) is 37.3 Å². The monoisotopic (exact) mass is 390 g/mol. The molecule has 140 valence electrons. The van der Waals surface area contributed by atoms with Gasteiger partial charge < -0.3 is 9.73 Å². The molecule has 0 spiro atoms. The van der Waals surface area contributed by atoms with Crippen molar-refractivity contribution in [1.82, 2.24) is 10.3 Å². The van der Waals surface area contributed by atoms with Gasteiger partial charge in [0.05, 0.1) is 12.2 Å². The number of benzene rings is 2. The maximum atomic E-state index is 13.8. The lowest BCUT2D eigenvalue weighted by Gasteiger charge is -2.14. The second-order valence-corrected chi connectivity index (χ2v) is 6.52. The second kappa shape index (κ2) is 8.31. The van der Waals surface area contributed by atoms with Gasteiger partial charge in [0.2, 0.25) is 5.91 Å². The van der Waals surface area contributed by atoms with E-state index in [0.717, 1.165) is 17.7 Å². The standard InChI is InChI=1S/C20H17ClF2N2O2/c1-12(16-7-6-15(22)10-17(16)23)25-19(26)8-9-20-24-11-18(27-20)13-2-4-14(21)5-3-13/h2-7,10-12H,8-9H2,1H3,(H,25,26)/t12-/m1/s1. The molecule has 0 aliphatic rings. The zero-order valence-electron chi connectivity index (χ0n) is 14.5. The van der Waals surface area contributed by atoms with Crippen LogP contribution in [0.25, 0.3) is 11.3 Å². The SMILES string of the molecule is C[C@@H](NC(=O)CCc1ncc(-c2ccc(Cl)cc2)o1)c1ccc(F)cc1F. The Balaban J connectivity index is 1.55. The summed E-state index contributed by atoms with van der Waals surface area (Å²) in [6.45, 7) is 1.64. The largest absolute Gasteiger partial charge is 0.441 e. The van der Waals surface area contributed by atoms with Crippen LogP contribution in [-0.4, -0.2) is 10.9 Å². The molecule has 3 aromatic rings. The molecule has 1 heterocycles. The predicted octanol–water partition coefficient (Wildman–Crippen LogP) is 5.08. The van der Waals surface area contributed by atoms with Crippen LogP contribution < -0.4 is 5.32 Å². The normalized spacial score (nSPS) is 12.0. The topological polar surface area (TPSA) is 55.1 Å². The Hall–Kier alpha value is -2.73. The number of carbonyl (C=O) groups excluding carboxylic acids is 1. The molecule has 0 unspecified atom stereocenters. The smallest absolute Gasteiger partial charge is 0.220 e. The van der Waals surface area contributed by atoms with Gasteiger partial charge >= 0.3 is 0 Å². The molecule has 0 aliphatic heterocycles. The summed E-state index contributed by atoms with van der Waals surface area (Å²) in [5.41, 5.74) is 1.06. The summed E-state index contributed by atoms with van der Waals surface area (Å²) in [6.07, 6.45) is 2.03. The molecule has 7 heteroatoms. The first kappa shape index (κ1) is 19.0. The van der Waals surface area contributed by atoms with Gasteiger partial charge in [-0.25, -0.2) is 13.8 Å². The number of rotatable bonds is 6. The summed E-state index contributed by atoms with van der Waals surface area (Å²) in [6, 6.07) is 9.84. The molecule has 1 amide bonds. The first-order chi connectivity index (χ1) is 12.9. The van der Waals surface area contributed by atoms with Gasteiger partial charge in [-0.3, -0.25) is 4.79 Å². The minimum absolute atomic E-state index is 0.133. The average Bonchev–Trinajstić information content (AvgIpc) is 3.09. The molecule has 4 nitrogen and oxygen atoms in total. The van der Waals surface area contributed by atoms with E-state index in [9.17, 15) is 13.6 Å². The number of halogens is 3. The highest BCUT2D eigenvalue weighted by molar-refractivity contribution is 6.30. The van der Waals surface area contributed by atoms with Gasteiger partial charge in [-0.1, -0.05) is 17.7 Å². The molecular weight excluding hydrogens is 374 g/mol. The fraction of sp³-hybridized carbons (Fsp3) is 0.200. The summed E-state index contributed by atoms with van der Waals surface area (Å²) in [5.74, 6) is -0.615. The Morgan fingerprint density at radius 1 is 1.22 bits per heavy atom. The van der Waals surface area contributed by atoms with Gasteiger partial charge in [0.25, 0.3) is 0 Å². The first-order valence-electron chi connectivity index (χ1n) is 8.37. The van der Waals surface area contributed by atoms with Crippen LogP contribution in [0.4, 0.5) is 8.78 Å². The quantitative estimate of drug-likeness (QED) is 0.638. The number of carbonyl (C=O) groups is 1. The Morgan fingerprint density at radius 2 is 1.96 bits per heavy atom. The van der Waals surface area contributed by atoms with Gasteiger partial charge in [0.1, 0.15) is 11.6 Å². The Kier molecular flexibility index (Phi) is 5.86. The third kappa shape index (κ3) is 4.92. The summed E-state index contributed by atoms with van der Waals surface area (Å²) >= 11 is 5.86. The zero-order valence-corrected chi connectivity index (χ0v) is 15.3. The average molecular weight is 391 g/mol. The lowest BCUT2D eigenvalue weighted by atomic mass is 10.1. The Labute approximate surface area is 160 Å². The number of oxazole rings is 1. The van der Waals surface area contributed by atoms with Gasteiger partial charge in [0.15, 0.2) is 11.7 Å². The Morgan fingerprint density at radius 3 is 2.67 bits per heavy atom. The van der Waals surface area contributed by atoms with Crippen LogP contribution in [0.5, 0.6) is 0 Å². The van der Waals surface area contributed by atoms with E-state index in [0.29, 0.717) is 23.1 Å². The van der Waals surface area contributed by atoms with Crippen molar-refractivity contribution in [1.29, 1.82) is 0 Å². The maximum Gasteiger partial charge on any atom is 0.220 e. The van der Waals surface area contributed by atoms with Crippen molar-refractivity contribution in [3.8, 4) is 11.3 Å². The summed E-state index contributed by atoms with van der Waals surface area (Å²) in [7, 11) is 0. The van der Waals surface area contributed by atoms with E-state index in [-0.39, 0.29) is 17.9 Å². The highest BCUT2D eigenvalue weighted by atomic mass is 35.5. The third-order valence-corrected chi connectivity index (χ3v) is 4.31. The van der Waals surface area contributed by atoms with E-state index < -0.39 is 17.7 Å². The van der Waals surface area contributed by atoms with Crippen molar-refractivity contribution in [3.05, 3.63) is 76.8 Å². The van der Waals surface area contributed by atoms with E-state index >= 15 is 0 Å². The van der Waals surface area contributed by atoms with E-state index in [4.69, 9.17) is 16.0 Å². The molecule has 1 aromatic heterocycles. The van der Waals surface area contributed by atoms with Crippen molar-refractivity contribution in [2.75, 3.05) is 0 Å². The van der Waals surface area contributed by atoms with E-state index in [1.165, 1.54) is 6.07 Å². The van der Waals surface area contributed by atoms with Crippen LogP contribution in [0.2, 0.25) is 5.02 Å². The van der Waals surface area contributed by atoms with Crippen molar-refractivity contribution in [2.24, 2.45) is 0 Å². The summed E-state index contributed by atoms with van der Waals surface area (Å²) < 4.78 is 32.4. The number of nitrogens with one attached hydrogen (secondary N) is 1. The number of aryl methyl sites for hydroxylation is 1. The molecule has 0 bridgehead atoms. The Bertz CT molecular complexity index is 941. The zero-order chi connectivity index (χ0) is 19.4. The van der Waals surface area contributed by atoms with Crippen LogP contribution in [0.1, 0.15) is 30.8 Å². The predicted molar refractivity (Wildman–Crippen MR) is 98.2 cm³/mol. The minimum atomic E-state index is -0.692. The van der Waals surface area contributed by atoms with Crippen molar-refractivity contribution in [3.63, 3.8) is 0 Å². The maximum absolute atomic E-state index is 13.8. The lowest BCUT2D eigenvalue weighted by Crippen LogP contribution is -2.27.